The van der Waals surface area contributed by atoms with E-state index >= 15 is 0 Å². The second-order valence-corrected chi connectivity index (χ2v) is 9.76. The minimum atomic E-state index is -3.88. The van der Waals surface area contributed by atoms with Crippen LogP contribution in [0.3, 0.4) is 0 Å². The van der Waals surface area contributed by atoms with E-state index in [-0.39, 0.29) is 20.9 Å². The van der Waals surface area contributed by atoms with Gasteiger partial charge in [-0.05, 0) is 31.2 Å². The van der Waals surface area contributed by atoms with Crippen LogP contribution in [0, 0.1) is 6.92 Å². The summed E-state index contributed by atoms with van der Waals surface area (Å²) in [4.78, 5) is 12.2. The fourth-order valence-electron chi connectivity index (χ4n) is 3.17. The van der Waals surface area contributed by atoms with Gasteiger partial charge in [-0.3, -0.25) is 0 Å². The van der Waals surface area contributed by atoms with E-state index in [0.29, 0.717) is 10.7 Å². The van der Waals surface area contributed by atoms with Crippen LogP contribution in [0.5, 0.6) is 0 Å². The first-order chi connectivity index (χ1) is 15.0. The van der Waals surface area contributed by atoms with Gasteiger partial charge >= 0.3 is 0 Å². The van der Waals surface area contributed by atoms with Crippen molar-refractivity contribution in [2.45, 2.75) is 27.2 Å². The Hall–Kier alpha value is -3.36. The van der Waals surface area contributed by atoms with Gasteiger partial charge in [-0.1, -0.05) is 60.2 Å². The summed E-state index contributed by atoms with van der Waals surface area (Å²) in [5.41, 5.74) is 3.31. The molecule has 0 spiro atoms. The van der Waals surface area contributed by atoms with Crippen molar-refractivity contribution in [1.82, 2.24) is 15.0 Å². The predicted octanol–water partition coefficient (Wildman–Crippen LogP) is 5.51. The maximum absolute atomic E-state index is 13.4. The largest absolute Gasteiger partial charge is 0.430 e. The Kier molecular flexibility index (Phi) is 4.88. The average Bonchev–Trinajstić information content (AvgIpc) is 3.39. The number of para-hydroxylation sites is 2. The molecule has 0 aliphatic rings. The van der Waals surface area contributed by atoms with Crippen LogP contribution in [-0.4, -0.2) is 23.4 Å². The molecule has 1 N–H and O–H groups in total. The molecule has 6 nitrogen and oxygen atoms in total. The van der Waals surface area contributed by atoms with Gasteiger partial charge in [0, 0.05) is 17.3 Å². The van der Waals surface area contributed by atoms with Gasteiger partial charge in [0.1, 0.15) is 0 Å². The van der Waals surface area contributed by atoms with Gasteiger partial charge in [0.15, 0.2) is 10.9 Å². The highest BCUT2D eigenvalue weighted by Crippen LogP contribution is 2.37. The maximum atomic E-state index is 13.4. The Morgan fingerprint density at radius 3 is 2.32 bits per heavy atom. The number of sulfone groups is 1. The number of hydrogen-bond donors (Lipinski definition) is 1. The summed E-state index contributed by atoms with van der Waals surface area (Å²) in [5.74, 6) is 0.208. The minimum Gasteiger partial charge on any atom is -0.430 e. The zero-order valence-corrected chi connectivity index (χ0v) is 18.1. The zero-order chi connectivity index (χ0) is 21.4. The molecule has 2 heterocycles. The van der Waals surface area contributed by atoms with E-state index in [1.165, 1.54) is 0 Å². The molecule has 2 aromatic heterocycles. The van der Waals surface area contributed by atoms with Crippen LogP contribution in [0.4, 0.5) is 0 Å². The van der Waals surface area contributed by atoms with Crippen molar-refractivity contribution in [1.29, 1.82) is 0 Å². The summed E-state index contributed by atoms with van der Waals surface area (Å²) in [7, 11) is -3.88. The van der Waals surface area contributed by atoms with Crippen LogP contribution in [0.25, 0.3) is 22.4 Å². The van der Waals surface area contributed by atoms with E-state index in [1.807, 2.05) is 49.4 Å². The topological polar surface area (TPSA) is 88.9 Å². The van der Waals surface area contributed by atoms with Crippen molar-refractivity contribution in [2.24, 2.45) is 0 Å². The number of nitrogens with one attached hydrogen (secondary N) is 1. The van der Waals surface area contributed by atoms with Crippen LogP contribution in [-0.2, 0) is 9.84 Å². The number of nitrogens with zero attached hydrogens (tertiary/aromatic N) is 2. The Labute approximate surface area is 183 Å². The summed E-state index contributed by atoms with van der Waals surface area (Å²) in [6, 6.07) is 23.4. The second kappa shape index (κ2) is 7.72. The second-order valence-electron chi connectivity index (χ2n) is 6.96. The van der Waals surface area contributed by atoms with Crippen molar-refractivity contribution in [2.75, 3.05) is 0 Å². The number of oxazole rings is 1. The molecule has 0 saturated heterocycles. The SMILES string of the molecule is Cc1ccc(S(=O)(=O)c2nc(Sc3nc4ccccc4[nH]3)oc2-c2ccccc2)cc1. The van der Waals surface area contributed by atoms with Gasteiger partial charge in [0.05, 0.1) is 15.9 Å². The number of aryl methyl sites for hydroxylation is 1. The smallest absolute Gasteiger partial charge is 0.265 e. The summed E-state index contributed by atoms with van der Waals surface area (Å²) >= 11 is 1.15. The Bertz CT molecular complexity index is 1440. The molecule has 0 radical (unpaired) electrons. The van der Waals surface area contributed by atoms with Crippen molar-refractivity contribution < 1.29 is 12.8 Å². The lowest BCUT2D eigenvalue weighted by molar-refractivity contribution is 0.465. The van der Waals surface area contributed by atoms with Crippen LogP contribution in [0.1, 0.15) is 5.56 Å². The molecular weight excluding hydrogens is 430 g/mol. The number of benzene rings is 3. The standard InChI is InChI=1S/C23H17N3O3S2/c1-15-11-13-17(14-12-15)31(27,28)21-20(16-7-3-2-4-8-16)29-23(26-21)30-22-24-18-9-5-6-10-19(18)25-22/h2-14H,1H3,(H,24,25). The molecule has 0 bridgehead atoms. The van der Waals surface area contributed by atoms with E-state index < -0.39 is 9.84 Å². The van der Waals surface area contributed by atoms with Crippen LogP contribution >= 0.6 is 11.8 Å². The third-order valence-electron chi connectivity index (χ3n) is 4.75. The molecule has 154 valence electrons. The van der Waals surface area contributed by atoms with E-state index in [4.69, 9.17) is 4.42 Å². The summed E-state index contributed by atoms with van der Waals surface area (Å²) in [5, 5.41) is 0.658. The van der Waals surface area contributed by atoms with E-state index in [0.717, 1.165) is 28.4 Å². The Balaban J connectivity index is 1.61. The van der Waals surface area contributed by atoms with Gasteiger partial charge in [-0.2, -0.15) is 4.98 Å². The lowest BCUT2D eigenvalue weighted by Crippen LogP contribution is -2.04. The molecule has 0 aliphatic carbocycles. The van der Waals surface area contributed by atoms with Gasteiger partial charge in [0.25, 0.3) is 5.22 Å². The first kappa shape index (κ1) is 19.6. The van der Waals surface area contributed by atoms with Crippen LogP contribution < -0.4 is 0 Å². The van der Waals surface area contributed by atoms with Crippen LogP contribution in [0.2, 0.25) is 0 Å². The number of hydrogen-bond acceptors (Lipinski definition) is 6. The first-order valence-electron chi connectivity index (χ1n) is 9.51. The first-order valence-corrected chi connectivity index (χ1v) is 11.8. The van der Waals surface area contributed by atoms with E-state index in [1.54, 1.807) is 36.4 Å². The van der Waals surface area contributed by atoms with Gasteiger partial charge in [-0.15, -0.1) is 0 Å². The lowest BCUT2D eigenvalue weighted by Gasteiger charge is -2.04. The molecule has 5 aromatic rings. The summed E-state index contributed by atoms with van der Waals surface area (Å²) < 4.78 is 32.7. The summed E-state index contributed by atoms with van der Waals surface area (Å²) in [6.07, 6.45) is 0. The fourth-order valence-corrected chi connectivity index (χ4v) is 5.29. The predicted molar refractivity (Wildman–Crippen MR) is 119 cm³/mol. The normalized spacial score (nSPS) is 11.8. The van der Waals surface area contributed by atoms with Crippen molar-refractivity contribution in [3.8, 4) is 11.3 Å². The number of H-pyrrole nitrogens is 1. The number of fused-ring (bicyclic) bond motifs is 1. The maximum Gasteiger partial charge on any atom is 0.265 e. The molecule has 0 aliphatic heterocycles. The average molecular weight is 448 g/mol. The van der Waals surface area contributed by atoms with E-state index in [2.05, 4.69) is 15.0 Å². The summed E-state index contributed by atoms with van der Waals surface area (Å²) in [6.45, 7) is 1.91. The van der Waals surface area contributed by atoms with E-state index in [9.17, 15) is 8.42 Å². The van der Waals surface area contributed by atoms with Crippen LogP contribution in [0.15, 0.2) is 104 Å². The number of aromatic amines is 1. The fraction of sp³-hybridized carbons (Fsp3) is 0.0435. The third kappa shape index (κ3) is 3.75. The zero-order valence-electron chi connectivity index (χ0n) is 16.4. The molecule has 5 rings (SSSR count). The quantitative estimate of drug-likeness (QED) is 0.382. The molecule has 31 heavy (non-hydrogen) atoms. The highest BCUT2D eigenvalue weighted by molar-refractivity contribution is 7.99. The molecule has 8 heteroatoms. The van der Waals surface area contributed by atoms with Gasteiger partial charge in [-0.25, -0.2) is 13.4 Å². The minimum absolute atomic E-state index is 0.110. The molecule has 0 fully saturated rings. The molecule has 0 atom stereocenters. The third-order valence-corrected chi connectivity index (χ3v) is 7.16. The number of imidazole rings is 1. The molecule has 0 unspecified atom stereocenters. The molecular formula is C23H17N3O3S2. The highest BCUT2D eigenvalue weighted by Gasteiger charge is 2.29. The van der Waals surface area contributed by atoms with Crippen molar-refractivity contribution in [3.63, 3.8) is 0 Å². The number of aromatic nitrogens is 3. The number of rotatable bonds is 5. The monoisotopic (exact) mass is 447 g/mol. The van der Waals surface area contributed by atoms with Gasteiger partial charge in [0.2, 0.25) is 14.9 Å². The molecule has 0 amide bonds. The molecule has 0 saturated carbocycles. The Morgan fingerprint density at radius 1 is 0.871 bits per heavy atom. The Morgan fingerprint density at radius 2 is 1.58 bits per heavy atom. The lowest BCUT2D eigenvalue weighted by atomic mass is 10.2. The molecule has 3 aromatic carbocycles. The van der Waals surface area contributed by atoms with Crippen molar-refractivity contribution in [3.05, 3.63) is 84.4 Å². The van der Waals surface area contributed by atoms with Gasteiger partial charge < -0.3 is 9.40 Å². The van der Waals surface area contributed by atoms with Crippen molar-refractivity contribution >= 4 is 32.6 Å². The highest BCUT2D eigenvalue weighted by atomic mass is 32.2.